The molecule has 1 aromatic carbocycles. The maximum Gasteiger partial charge on any atom is 0.255 e. The minimum atomic E-state index is -0.609. The van der Waals surface area contributed by atoms with Crippen LogP contribution in [0.2, 0.25) is 0 Å². The third kappa shape index (κ3) is 4.32. The van der Waals surface area contributed by atoms with Gasteiger partial charge < -0.3 is 14.2 Å². The van der Waals surface area contributed by atoms with Crippen LogP contribution in [0.3, 0.4) is 0 Å². The monoisotopic (exact) mass is 466 g/mol. The second-order valence-electron chi connectivity index (χ2n) is 9.45. The Hall–Kier alpha value is -3.20. The predicted octanol–water partition coefficient (Wildman–Crippen LogP) is 2.49. The van der Waals surface area contributed by atoms with Crippen LogP contribution in [-0.2, 0) is 22.7 Å². The van der Waals surface area contributed by atoms with Gasteiger partial charge in [0.15, 0.2) is 0 Å². The Bertz CT molecular complexity index is 1110. The zero-order valence-corrected chi connectivity index (χ0v) is 19.6. The highest BCUT2D eigenvalue weighted by atomic mass is 16.5. The lowest BCUT2D eigenvalue weighted by atomic mass is 10.0. The Morgan fingerprint density at radius 2 is 2.03 bits per heavy atom. The van der Waals surface area contributed by atoms with E-state index in [2.05, 4.69) is 15.4 Å². The molecule has 2 aromatic rings. The number of benzene rings is 1. The van der Waals surface area contributed by atoms with Crippen molar-refractivity contribution in [3.05, 3.63) is 46.3 Å². The van der Waals surface area contributed by atoms with Gasteiger partial charge in [0.25, 0.3) is 5.91 Å². The van der Waals surface area contributed by atoms with Crippen LogP contribution < -0.4 is 10.1 Å². The molecule has 1 aromatic heterocycles. The Morgan fingerprint density at radius 3 is 2.79 bits per heavy atom. The fraction of sp³-hybridized carbons (Fsp3) is 0.520. The third-order valence-corrected chi connectivity index (χ3v) is 7.23. The molecule has 3 amide bonds. The summed E-state index contributed by atoms with van der Waals surface area (Å²) in [6.45, 7) is 6.65. The Balaban J connectivity index is 1.24. The minimum absolute atomic E-state index is 0.172. The molecule has 5 rings (SSSR count). The van der Waals surface area contributed by atoms with Gasteiger partial charge in [-0.3, -0.25) is 24.6 Å². The van der Waals surface area contributed by atoms with E-state index in [1.54, 1.807) is 11.0 Å². The topological polar surface area (TPSA) is 105 Å². The van der Waals surface area contributed by atoms with Crippen molar-refractivity contribution < 1.29 is 23.6 Å². The Labute approximate surface area is 198 Å². The number of amides is 3. The molecule has 2 fully saturated rings. The maximum atomic E-state index is 12.9. The van der Waals surface area contributed by atoms with Gasteiger partial charge in [0, 0.05) is 36.7 Å². The molecular weight excluding hydrogens is 436 g/mol. The van der Waals surface area contributed by atoms with Crippen LogP contribution in [0.15, 0.2) is 22.7 Å². The van der Waals surface area contributed by atoms with Crippen molar-refractivity contribution in [1.29, 1.82) is 0 Å². The molecule has 180 valence electrons. The van der Waals surface area contributed by atoms with E-state index < -0.39 is 11.9 Å². The molecular formula is C25H30N4O5. The van der Waals surface area contributed by atoms with Crippen molar-refractivity contribution in [1.82, 2.24) is 20.3 Å². The molecule has 0 radical (unpaired) electrons. The van der Waals surface area contributed by atoms with Crippen LogP contribution in [0, 0.1) is 13.8 Å². The molecule has 34 heavy (non-hydrogen) atoms. The number of aryl methyl sites for hydroxylation is 2. The molecule has 2 saturated heterocycles. The highest BCUT2D eigenvalue weighted by Gasteiger charge is 2.39. The number of hydrogen-bond acceptors (Lipinski definition) is 7. The van der Waals surface area contributed by atoms with Gasteiger partial charge in [-0.1, -0.05) is 11.6 Å². The number of nitrogens with zero attached hydrogens (tertiary/aromatic N) is 3. The second-order valence-corrected chi connectivity index (χ2v) is 9.45. The summed E-state index contributed by atoms with van der Waals surface area (Å²) >= 11 is 0. The first-order chi connectivity index (χ1) is 16.4. The van der Waals surface area contributed by atoms with E-state index in [4.69, 9.17) is 9.26 Å². The standard InChI is InChI=1S/C25H30N4O5/c1-15-21(16(2)34-27-15)13-28-10-4-3-5-18(28)14-33-19-6-7-20-17(11-19)12-29(25(20)32)22-8-9-23(30)26-24(22)31/h6-7,11,18,22H,3-5,8-10,12-14H2,1-2H3,(H,26,30,31)/t18-,22?/m1/s1. The number of imide groups is 1. The number of ether oxygens (including phenoxy) is 1. The number of aromatic nitrogens is 1. The smallest absolute Gasteiger partial charge is 0.255 e. The second kappa shape index (κ2) is 9.21. The minimum Gasteiger partial charge on any atom is -0.492 e. The van der Waals surface area contributed by atoms with Gasteiger partial charge in [-0.15, -0.1) is 0 Å². The average molecular weight is 467 g/mol. The van der Waals surface area contributed by atoms with E-state index in [0.29, 0.717) is 25.1 Å². The highest BCUT2D eigenvalue weighted by Crippen LogP contribution is 2.31. The zero-order chi connectivity index (χ0) is 23.8. The summed E-state index contributed by atoms with van der Waals surface area (Å²) < 4.78 is 11.5. The lowest BCUT2D eigenvalue weighted by molar-refractivity contribution is -0.136. The molecule has 0 saturated carbocycles. The quantitative estimate of drug-likeness (QED) is 0.652. The van der Waals surface area contributed by atoms with Crippen molar-refractivity contribution in [2.45, 2.75) is 71.1 Å². The van der Waals surface area contributed by atoms with Crippen molar-refractivity contribution in [2.75, 3.05) is 13.2 Å². The van der Waals surface area contributed by atoms with Gasteiger partial charge >= 0.3 is 0 Å². The number of rotatable bonds is 6. The molecule has 4 heterocycles. The lowest BCUT2D eigenvalue weighted by Crippen LogP contribution is -2.52. The molecule has 3 aliphatic heterocycles. The van der Waals surface area contributed by atoms with E-state index in [-0.39, 0.29) is 24.3 Å². The summed E-state index contributed by atoms with van der Waals surface area (Å²) in [4.78, 5) is 40.6. The number of hydrogen-bond donors (Lipinski definition) is 1. The van der Waals surface area contributed by atoms with Gasteiger partial charge in [0.2, 0.25) is 11.8 Å². The van der Waals surface area contributed by atoms with Crippen LogP contribution in [0.5, 0.6) is 5.75 Å². The molecule has 3 aliphatic rings. The Kier molecular flexibility index (Phi) is 6.12. The number of carbonyl (C=O) groups is 3. The molecule has 0 bridgehead atoms. The summed E-state index contributed by atoms with van der Waals surface area (Å²) in [6, 6.07) is 5.19. The highest BCUT2D eigenvalue weighted by molar-refractivity contribution is 6.05. The van der Waals surface area contributed by atoms with Crippen LogP contribution in [0.1, 0.15) is 65.0 Å². The van der Waals surface area contributed by atoms with Gasteiger partial charge in [-0.2, -0.15) is 0 Å². The summed E-state index contributed by atoms with van der Waals surface area (Å²) in [5.41, 5.74) is 3.53. The number of fused-ring (bicyclic) bond motifs is 1. The van der Waals surface area contributed by atoms with Crippen molar-refractivity contribution in [3.63, 3.8) is 0 Å². The Morgan fingerprint density at radius 1 is 1.18 bits per heavy atom. The largest absolute Gasteiger partial charge is 0.492 e. The van der Waals surface area contributed by atoms with Crippen LogP contribution in [-0.4, -0.2) is 57.9 Å². The molecule has 1 N–H and O–H groups in total. The first kappa shape index (κ1) is 22.6. The van der Waals surface area contributed by atoms with Crippen molar-refractivity contribution in [3.8, 4) is 5.75 Å². The number of carbonyl (C=O) groups excluding carboxylic acids is 3. The van der Waals surface area contributed by atoms with Crippen molar-refractivity contribution >= 4 is 17.7 Å². The van der Waals surface area contributed by atoms with Crippen LogP contribution in [0.4, 0.5) is 0 Å². The van der Waals surface area contributed by atoms with Crippen LogP contribution in [0.25, 0.3) is 0 Å². The van der Waals surface area contributed by atoms with E-state index in [1.165, 1.54) is 6.42 Å². The number of nitrogens with one attached hydrogen (secondary N) is 1. The van der Waals surface area contributed by atoms with Gasteiger partial charge in [0.05, 0.1) is 5.69 Å². The fourth-order valence-electron chi connectivity index (χ4n) is 5.22. The van der Waals surface area contributed by atoms with Gasteiger partial charge in [-0.05, 0) is 63.4 Å². The first-order valence-electron chi connectivity index (χ1n) is 12.0. The van der Waals surface area contributed by atoms with E-state index in [1.807, 2.05) is 26.0 Å². The van der Waals surface area contributed by atoms with E-state index in [9.17, 15) is 14.4 Å². The summed E-state index contributed by atoms with van der Waals surface area (Å²) in [5, 5.41) is 6.42. The van der Waals surface area contributed by atoms with E-state index in [0.717, 1.165) is 54.3 Å². The van der Waals surface area contributed by atoms with Crippen LogP contribution >= 0.6 is 0 Å². The average Bonchev–Trinajstić information content (AvgIpc) is 3.32. The van der Waals surface area contributed by atoms with E-state index >= 15 is 0 Å². The molecule has 1 unspecified atom stereocenters. The van der Waals surface area contributed by atoms with Gasteiger partial charge in [-0.25, -0.2) is 0 Å². The number of likely N-dealkylation sites (tertiary alicyclic amines) is 1. The summed E-state index contributed by atoms with van der Waals surface area (Å²) in [5.74, 6) is 0.733. The predicted molar refractivity (Wildman–Crippen MR) is 122 cm³/mol. The summed E-state index contributed by atoms with van der Waals surface area (Å²) in [7, 11) is 0. The molecule has 9 nitrogen and oxygen atoms in total. The first-order valence-corrected chi connectivity index (χ1v) is 12.0. The molecule has 0 spiro atoms. The summed E-state index contributed by atoms with van der Waals surface area (Å²) in [6.07, 6.45) is 4.01. The molecule has 0 aliphatic carbocycles. The molecule has 2 atom stereocenters. The lowest BCUT2D eigenvalue weighted by Gasteiger charge is -2.35. The fourth-order valence-corrected chi connectivity index (χ4v) is 5.22. The molecule has 9 heteroatoms. The zero-order valence-electron chi connectivity index (χ0n) is 19.6. The third-order valence-electron chi connectivity index (χ3n) is 7.23. The van der Waals surface area contributed by atoms with Gasteiger partial charge in [0.1, 0.15) is 24.2 Å². The van der Waals surface area contributed by atoms with Crippen molar-refractivity contribution in [2.24, 2.45) is 0 Å². The normalized spacial score (nSPS) is 23.2. The SMILES string of the molecule is Cc1noc(C)c1CN1CCCC[C@@H]1COc1ccc2c(c1)CN(C1CCC(=O)NC1=O)C2=O. The number of piperidine rings is 2. The maximum absolute atomic E-state index is 12.9.